The first-order valence-corrected chi connectivity index (χ1v) is 34.1. The monoisotopic (exact) mass is 1150 g/mol. The van der Waals surface area contributed by atoms with Crippen molar-refractivity contribution >= 4 is 5.91 Å². The Kier molecular flexibility index (Phi) is 49.2. The molecule has 12 atom stereocenters. The molecule has 2 rings (SSSR count). The van der Waals surface area contributed by atoms with Crippen LogP contribution in [0.15, 0.2) is 24.3 Å². The summed E-state index contributed by atoms with van der Waals surface area (Å²) in [6.45, 7) is 2.83. The number of carbonyl (C=O) groups excluding carboxylic acids is 1. The largest absolute Gasteiger partial charge is 0.394 e. The second-order valence-corrected chi connectivity index (χ2v) is 24.3. The highest BCUT2D eigenvalue weighted by Gasteiger charge is 2.51. The average Bonchev–Trinajstić information content (AvgIpc) is 3.63. The lowest BCUT2D eigenvalue weighted by Gasteiger charge is -2.46. The maximum Gasteiger partial charge on any atom is 0.220 e. The summed E-state index contributed by atoms with van der Waals surface area (Å²) >= 11 is 0. The predicted octanol–water partition coefficient (Wildman–Crippen LogP) is 13.2. The van der Waals surface area contributed by atoms with Crippen molar-refractivity contribution in [2.75, 3.05) is 19.8 Å². The minimum atomic E-state index is -1.79. The van der Waals surface area contributed by atoms with Crippen LogP contribution in [0.4, 0.5) is 0 Å². The molecule has 2 aliphatic heterocycles. The zero-order valence-corrected chi connectivity index (χ0v) is 51.8. The SMILES string of the molecule is CCCCCCCCCCCCCCCCCCCCCCCCCC/C=C/CC/C=C/C(O)C(COC1OC(CO)C(OC2OC(CO)C(O)C(O)C2O)C(O)C1O)NC(=O)CCCCCCCCCCCCCCCCCCC. The van der Waals surface area contributed by atoms with Crippen LogP contribution in [0.3, 0.4) is 0 Å². The van der Waals surface area contributed by atoms with Crippen molar-refractivity contribution in [2.24, 2.45) is 0 Å². The molecule has 14 heteroatoms. The summed E-state index contributed by atoms with van der Waals surface area (Å²) in [6.07, 6.45) is 48.1. The zero-order chi connectivity index (χ0) is 58.8. The third kappa shape index (κ3) is 37.6. The Labute approximate surface area is 494 Å². The van der Waals surface area contributed by atoms with Gasteiger partial charge in [-0.15, -0.1) is 0 Å². The molecular formula is C67H127NO13. The molecule has 2 fully saturated rings. The van der Waals surface area contributed by atoms with Crippen molar-refractivity contribution in [3.63, 3.8) is 0 Å². The van der Waals surface area contributed by atoms with Gasteiger partial charge >= 0.3 is 0 Å². The van der Waals surface area contributed by atoms with Crippen LogP contribution in [-0.2, 0) is 23.7 Å². The van der Waals surface area contributed by atoms with E-state index in [-0.39, 0.29) is 18.9 Å². The first-order valence-electron chi connectivity index (χ1n) is 34.1. The van der Waals surface area contributed by atoms with Crippen molar-refractivity contribution in [3.8, 4) is 0 Å². The number of nitrogens with one attached hydrogen (secondary N) is 1. The van der Waals surface area contributed by atoms with Crippen LogP contribution in [-0.4, -0.2) is 140 Å². The molecule has 478 valence electrons. The Hall–Kier alpha value is -1.53. The smallest absolute Gasteiger partial charge is 0.220 e. The number of aliphatic hydroxyl groups excluding tert-OH is 8. The fourth-order valence-corrected chi connectivity index (χ4v) is 11.4. The number of amides is 1. The summed E-state index contributed by atoms with van der Waals surface area (Å²) in [6, 6.07) is -0.928. The van der Waals surface area contributed by atoms with Crippen molar-refractivity contribution in [1.82, 2.24) is 5.32 Å². The van der Waals surface area contributed by atoms with Crippen molar-refractivity contribution in [2.45, 2.75) is 376 Å². The third-order valence-corrected chi connectivity index (χ3v) is 16.9. The van der Waals surface area contributed by atoms with E-state index < -0.39 is 86.8 Å². The molecule has 0 bridgehead atoms. The molecule has 0 aliphatic carbocycles. The number of ether oxygens (including phenoxy) is 4. The number of aliphatic hydroxyl groups is 8. The van der Waals surface area contributed by atoms with E-state index in [9.17, 15) is 45.6 Å². The number of unbranched alkanes of at least 4 members (excludes halogenated alkanes) is 41. The molecule has 2 heterocycles. The number of hydrogen-bond acceptors (Lipinski definition) is 13. The second kappa shape index (κ2) is 52.8. The Bertz CT molecular complexity index is 1450. The lowest BCUT2D eigenvalue weighted by molar-refractivity contribution is -0.359. The van der Waals surface area contributed by atoms with Gasteiger partial charge in [0.2, 0.25) is 5.91 Å². The molecule has 14 nitrogen and oxygen atoms in total. The van der Waals surface area contributed by atoms with Gasteiger partial charge in [0.15, 0.2) is 12.6 Å². The van der Waals surface area contributed by atoms with E-state index in [1.54, 1.807) is 6.08 Å². The van der Waals surface area contributed by atoms with Gasteiger partial charge in [-0.2, -0.15) is 0 Å². The van der Waals surface area contributed by atoms with Crippen LogP contribution in [0.25, 0.3) is 0 Å². The highest BCUT2D eigenvalue weighted by Crippen LogP contribution is 2.30. The van der Waals surface area contributed by atoms with Gasteiger partial charge in [0.1, 0.15) is 48.8 Å². The van der Waals surface area contributed by atoms with E-state index in [1.807, 2.05) is 6.08 Å². The number of allylic oxidation sites excluding steroid dienone is 3. The minimum Gasteiger partial charge on any atom is -0.394 e. The lowest BCUT2D eigenvalue weighted by Crippen LogP contribution is -2.65. The summed E-state index contributed by atoms with van der Waals surface area (Å²) in [5.74, 6) is -0.243. The zero-order valence-electron chi connectivity index (χ0n) is 51.8. The third-order valence-electron chi connectivity index (χ3n) is 16.9. The molecular weight excluding hydrogens is 1030 g/mol. The summed E-state index contributed by atoms with van der Waals surface area (Å²) in [5, 5.41) is 87.3. The molecule has 12 unspecified atom stereocenters. The maximum atomic E-state index is 13.3. The molecule has 2 aliphatic rings. The molecule has 0 spiro atoms. The van der Waals surface area contributed by atoms with Gasteiger partial charge in [-0.25, -0.2) is 0 Å². The van der Waals surface area contributed by atoms with Gasteiger partial charge < -0.3 is 65.1 Å². The highest BCUT2D eigenvalue weighted by atomic mass is 16.7. The molecule has 0 aromatic carbocycles. The first kappa shape index (κ1) is 75.6. The van der Waals surface area contributed by atoms with Crippen LogP contribution in [0.2, 0.25) is 0 Å². The van der Waals surface area contributed by atoms with Gasteiger partial charge in [0.05, 0.1) is 32.0 Å². The van der Waals surface area contributed by atoms with Crippen molar-refractivity contribution in [1.29, 1.82) is 0 Å². The average molecular weight is 1150 g/mol. The molecule has 81 heavy (non-hydrogen) atoms. The Morgan fingerprint density at radius 2 is 0.790 bits per heavy atom. The Morgan fingerprint density at radius 1 is 0.432 bits per heavy atom. The van der Waals surface area contributed by atoms with E-state index in [0.717, 1.165) is 32.1 Å². The van der Waals surface area contributed by atoms with Crippen molar-refractivity contribution < 1.29 is 64.6 Å². The van der Waals surface area contributed by atoms with Gasteiger partial charge in [-0.05, 0) is 32.1 Å². The Morgan fingerprint density at radius 3 is 1.21 bits per heavy atom. The predicted molar refractivity (Wildman–Crippen MR) is 328 cm³/mol. The number of hydrogen-bond donors (Lipinski definition) is 9. The van der Waals surface area contributed by atoms with E-state index in [1.165, 1.54) is 238 Å². The van der Waals surface area contributed by atoms with Crippen LogP contribution in [0.5, 0.6) is 0 Å². The van der Waals surface area contributed by atoms with Gasteiger partial charge in [0, 0.05) is 6.42 Å². The highest BCUT2D eigenvalue weighted by molar-refractivity contribution is 5.76. The van der Waals surface area contributed by atoms with Gasteiger partial charge in [-0.1, -0.05) is 289 Å². The first-order chi connectivity index (χ1) is 39.6. The number of rotatable bonds is 56. The maximum absolute atomic E-state index is 13.3. The van der Waals surface area contributed by atoms with E-state index in [2.05, 4.69) is 31.3 Å². The summed E-state index contributed by atoms with van der Waals surface area (Å²) in [4.78, 5) is 13.3. The fraction of sp³-hybridized carbons (Fsp3) is 0.925. The van der Waals surface area contributed by atoms with Crippen LogP contribution >= 0.6 is 0 Å². The number of carbonyl (C=O) groups is 1. The molecule has 9 N–H and O–H groups in total. The Balaban J connectivity index is 1.69. The second-order valence-electron chi connectivity index (χ2n) is 24.3. The van der Waals surface area contributed by atoms with Gasteiger partial charge in [-0.3, -0.25) is 4.79 Å². The summed E-state index contributed by atoms with van der Waals surface area (Å²) < 4.78 is 22.8. The normalized spacial score (nSPS) is 24.2. The minimum absolute atomic E-state index is 0.243. The molecule has 2 saturated heterocycles. The topological polar surface area (TPSA) is 228 Å². The lowest BCUT2D eigenvalue weighted by atomic mass is 9.97. The van der Waals surface area contributed by atoms with Gasteiger partial charge in [0.25, 0.3) is 0 Å². The molecule has 0 aromatic rings. The van der Waals surface area contributed by atoms with Crippen molar-refractivity contribution in [3.05, 3.63) is 24.3 Å². The van der Waals surface area contributed by atoms with Crippen LogP contribution in [0.1, 0.15) is 303 Å². The van der Waals surface area contributed by atoms with E-state index >= 15 is 0 Å². The summed E-state index contributed by atoms with van der Waals surface area (Å²) in [5.41, 5.74) is 0. The molecule has 0 radical (unpaired) electrons. The van der Waals surface area contributed by atoms with Crippen LogP contribution in [0, 0.1) is 0 Å². The van der Waals surface area contributed by atoms with Crippen LogP contribution < -0.4 is 5.32 Å². The standard InChI is InChI=1S/C67H127NO13/c1-3-5-7-9-11-13-15-17-19-21-22-23-24-25-26-27-28-29-30-31-32-33-35-36-38-40-42-44-46-48-50-56(71)55(68-59(72)51-49-47-45-43-41-39-37-34-20-18-16-14-12-10-8-6-4-2)54-78-66-64(77)62(75)65(58(53-70)80-66)81-67-63(76)61(74)60(73)57(52-69)79-67/h40,42,48,50,55-58,60-67,69-71,73-77H,3-39,41,43-47,49,51-54H2,1-2H3,(H,68,72)/b42-40+,50-48+. The molecule has 0 saturated carbocycles. The molecule has 0 aromatic heterocycles. The van der Waals surface area contributed by atoms with E-state index in [0.29, 0.717) is 12.8 Å². The fourth-order valence-electron chi connectivity index (χ4n) is 11.4. The molecule has 1 amide bonds. The quantitative estimate of drug-likeness (QED) is 0.0204. The van der Waals surface area contributed by atoms with E-state index in [4.69, 9.17) is 18.9 Å². The summed E-state index contributed by atoms with van der Waals surface area (Å²) in [7, 11) is 0.